The maximum atomic E-state index is 12.0. The maximum Gasteiger partial charge on any atom is 0.226 e. The van der Waals surface area contributed by atoms with Gasteiger partial charge in [0.05, 0.1) is 11.6 Å². The zero-order valence-corrected chi connectivity index (χ0v) is 15.7. The fourth-order valence-electron chi connectivity index (χ4n) is 2.79. The molecule has 0 fully saturated rings. The molecule has 0 unspecified atom stereocenters. The Bertz CT molecular complexity index is 774. The molecule has 0 aromatic heterocycles. The number of amides is 1. The van der Waals surface area contributed by atoms with Gasteiger partial charge in [0.1, 0.15) is 0 Å². The highest BCUT2D eigenvalue weighted by Gasteiger charge is 2.06. The first-order chi connectivity index (χ1) is 12.6. The third-order valence-electron chi connectivity index (χ3n) is 4.30. The number of nitriles is 1. The van der Waals surface area contributed by atoms with E-state index in [2.05, 4.69) is 60.6 Å². The van der Waals surface area contributed by atoms with Crippen molar-refractivity contribution in [3.8, 4) is 6.07 Å². The quantitative estimate of drug-likeness (QED) is 0.750. The first kappa shape index (κ1) is 19.3. The van der Waals surface area contributed by atoms with Crippen molar-refractivity contribution in [3.05, 3.63) is 53.6 Å². The monoisotopic (exact) mass is 350 g/mol. The number of carbonyl (C=O) groups excluding carboxylic acids is 1. The van der Waals surface area contributed by atoms with Gasteiger partial charge in [-0.3, -0.25) is 4.79 Å². The summed E-state index contributed by atoms with van der Waals surface area (Å²) in [5, 5.41) is 15.0. The number of rotatable bonds is 8. The highest BCUT2D eigenvalue weighted by Crippen LogP contribution is 2.22. The van der Waals surface area contributed by atoms with Crippen molar-refractivity contribution in [1.82, 2.24) is 0 Å². The molecule has 0 aliphatic carbocycles. The third-order valence-corrected chi connectivity index (χ3v) is 4.30. The van der Waals surface area contributed by atoms with E-state index in [0.717, 1.165) is 18.8 Å². The van der Waals surface area contributed by atoms with E-state index in [4.69, 9.17) is 5.26 Å². The van der Waals surface area contributed by atoms with Crippen LogP contribution in [0, 0.1) is 18.3 Å². The summed E-state index contributed by atoms with van der Waals surface area (Å²) in [7, 11) is 0. The smallest absolute Gasteiger partial charge is 0.226 e. The van der Waals surface area contributed by atoms with Crippen LogP contribution >= 0.6 is 0 Å². The summed E-state index contributed by atoms with van der Waals surface area (Å²) >= 11 is 0. The molecule has 5 heteroatoms. The van der Waals surface area contributed by atoms with Crippen LogP contribution < -0.4 is 15.5 Å². The van der Waals surface area contributed by atoms with Gasteiger partial charge >= 0.3 is 0 Å². The molecule has 0 bridgehead atoms. The Morgan fingerprint density at radius 3 is 2.38 bits per heavy atom. The highest BCUT2D eigenvalue weighted by atomic mass is 16.1. The summed E-state index contributed by atoms with van der Waals surface area (Å²) in [5.41, 5.74) is 4.72. The number of carbonyl (C=O) groups is 1. The number of hydrogen-bond donors (Lipinski definition) is 2. The lowest BCUT2D eigenvalue weighted by Gasteiger charge is -2.22. The molecule has 1 amide bonds. The maximum absolute atomic E-state index is 12.0. The van der Waals surface area contributed by atoms with Crippen LogP contribution in [-0.2, 0) is 4.79 Å². The van der Waals surface area contributed by atoms with Gasteiger partial charge in [-0.2, -0.15) is 5.26 Å². The van der Waals surface area contributed by atoms with Crippen LogP contribution in [0.15, 0.2) is 42.5 Å². The Morgan fingerprint density at radius 2 is 1.81 bits per heavy atom. The van der Waals surface area contributed by atoms with Gasteiger partial charge in [0.25, 0.3) is 0 Å². The van der Waals surface area contributed by atoms with E-state index in [1.807, 2.05) is 0 Å². The van der Waals surface area contributed by atoms with Gasteiger partial charge in [-0.25, -0.2) is 0 Å². The average Bonchev–Trinajstić information content (AvgIpc) is 2.65. The van der Waals surface area contributed by atoms with Gasteiger partial charge in [0, 0.05) is 43.1 Å². The molecule has 0 saturated heterocycles. The van der Waals surface area contributed by atoms with E-state index in [1.54, 1.807) is 24.3 Å². The Kier molecular flexibility index (Phi) is 7.04. The van der Waals surface area contributed by atoms with Crippen LogP contribution in [0.3, 0.4) is 0 Å². The number of aryl methyl sites for hydroxylation is 1. The highest BCUT2D eigenvalue weighted by molar-refractivity contribution is 5.91. The van der Waals surface area contributed by atoms with Crippen LogP contribution in [0.25, 0.3) is 0 Å². The fourth-order valence-corrected chi connectivity index (χ4v) is 2.79. The lowest BCUT2D eigenvalue weighted by atomic mass is 10.1. The Hall–Kier alpha value is -3.00. The number of anilines is 3. The van der Waals surface area contributed by atoms with Crippen LogP contribution in [0.4, 0.5) is 17.1 Å². The van der Waals surface area contributed by atoms with Crippen LogP contribution in [0.1, 0.15) is 31.4 Å². The predicted octanol–water partition coefficient (Wildman–Crippen LogP) is 4.15. The molecule has 136 valence electrons. The van der Waals surface area contributed by atoms with Crippen molar-refractivity contribution in [2.24, 2.45) is 0 Å². The molecule has 2 N–H and O–H groups in total. The Morgan fingerprint density at radius 1 is 1.12 bits per heavy atom. The molecule has 2 aromatic rings. The second-order valence-electron chi connectivity index (χ2n) is 6.09. The third kappa shape index (κ3) is 5.25. The summed E-state index contributed by atoms with van der Waals surface area (Å²) in [6.45, 7) is 8.91. The molecular weight excluding hydrogens is 324 g/mol. The van der Waals surface area contributed by atoms with Crippen LogP contribution in [-0.4, -0.2) is 25.5 Å². The number of nitrogens with one attached hydrogen (secondary N) is 2. The largest absolute Gasteiger partial charge is 0.384 e. The molecule has 2 rings (SSSR count). The van der Waals surface area contributed by atoms with E-state index < -0.39 is 0 Å². The van der Waals surface area contributed by atoms with Gasteiger partial charge in [0.15, 0.2) is 0 Å². The molecule has 0 radical (unpaired) electrons. The predicted molar refractivity (Wildman–Crippen MR) is 108 cm³/mol. The molecule has 0 aliphatic rings. The van der Waals surface area contributed by atoms with Gasteiger partial charge < -0.3 is 15.5 Å². The minimum absolute atomic E-state index is 0.0559. The van der Waals surface area contributed by atoms with Crippen molar-refractivity contribution in [2.75, 3.05) is 35.2 Å². The summed E-state index contributed by atoms with van der Waals surface area (Å²) in [6.07, 6.45) is 0.372. The van der Waals surface area contributed by atoms with Gasteiger partial charge in [0.2, 0.25) is 5.91 Å². The molecule has 0 saturated carbocycles. The van der Waals surface area contributed by atoms with E-state index in [-0.39, 0.29) is 5.91 Å². The van der Waals surface area contributed by atoms with E-state index in [9.17, 15) is 4.79 Å². The van der Waals surface area contributed by atoms with Crippen molar-refractivity contribution in [3.63, 3.8) is 0 Å². The zero-order chi connectivity index (χ0) is 18.9. The first-order valence-corrected chi connectivity index (χ1v) is 8.96. The second kappa shape index (κ2) is 9.47. The topological polar surface area (TPSA) is 68.2 Å². The zero-order valence-electron chi connectivity index (χ0n) is 15.7. The molecule has 0 aliphatic heterocycles. The standard InChI is InChI=1S/C21H26N4O/c1-4-25(5-2)19-10-11-20(16(3)14-19)23-13-12-21(26)24-18-8-6-17(15-22)7-9-18/h6-11,14,23H,4-5,12-13H2,1-3H3,(H,24,26). The van der Waals surface area contributed by atoms with Crippen LogP contribution in [0.2, 0.25) is 0 Å². The van der Waals surface area contributed by atoms with Gasteiger partial charge in [-0.15, -0.1) is 0 Å². The van der Waals surface area contributed by atoms with Crippen LogP contribution in [0.5, 0.6) is 0 Å². The SMILES string of the molecule is CCN(CC)c1ccc(NCCC(=O)Nc2ccc(C#N)cc2)c(C)c1. The van der Waals surface area contributed by atoms with Crippen molar-refractivity contribution in [1.29, 1.82) is 5.26 Å². The Labute approximate surface area is 155 Å². The summed E-state index contributed by atoms with van der Waals surface area (Å²) in [4.78, 5) is 14.3. The van der Waals surface area contributed by atoms with Crippen molar-refractivity contribution < 1.29 is 4.79 Å². The second-order valence-corrected chi connectivity index (χ2v) is 6.09. The summed E-state index contributed by atoms with van der Waals surface area (Å²) in [5.74, 6) is -0.0559. The van der Waals surface area contributed by atoms with E-state index in [0.29, 0.717) is 24.2 Å². The fraction of sp³-hybridized carbons (Fsp3) is 0.333. The summed E-state index contributed by atoms with van der Waals surface area (Å²) in [6, 6.07) is 15.3. The molecule has 0 heterocycles. The molecule has 26 heavy (non-hydrogen) atoms. The number of nitrogens with zero attached hydrogens (tertiary/aromatic N) is 2. The van der Waals surface area contributed by atoms with Crippen molar-refractivity contribution in [2.45, 2.75) is 27.2 Å². The lowest BCUT2D eigenvalue weighted by Crippen LogP contribution is -2.22. The minimum atomic E-state index is -0.0559. The molecule has 0 atom stereocenters. The molecule has 2 aromatic carbocycles. The molecule has 5 nitrogen and oxygen atoms in total. The van der Waals surface area contributed by atoms with Crippen molar-refractivity contribution >= 4 is 23.0 Å². The normalized spacial score (nSPS) is 10.1. The van der Waals surface area contributed by atoms with Gasteiger partial charge in [-0.1, -0.05) is 0 Å². The number of hydrogen-bond acceptors (Lipinski definition) is 4. The average molecular weight is 350 g/mol. The van der Waals surface area contributed by atoms with E-state index >= 15 is 0 Å². The Balaban J connectivity index is 1.85. The summed E-state index contributed by atoms with van der Waals surface area (Å²) < 4.78 is 0. The van der Waals surface area contributed by atoms with Gasteiger partial charge in [-0.05, 0) is 68.8 Å². The first-order valence-electron chi connectivity index (χ1n) is 8.96. The van der Waals surface area contributed by atoms with E-state index in [1.165, 1.54) is 11.3 Å². The number of benzene rings is 2. The molecular formula is C21H26N4O. The lowest BCUT2D eigenvalue weighted by molar-refractivity contribution is -0.115. The minimum Gasteiger partial charge on any atom is -0.384 e. The molecule has 0 spiro atoms.